The molecule has 0 aliphatic rings. The molecule has 0 aliphatic carbocycles. The molecule has 0 radical (unpaired) electrons. The summed E-state index contributed by atoms with van der Waals surface area (Å²) in [4.78, 5) is 12.2. The summed E-state index contributed by atoms with van der Waals surface area (Å²) in [6.45, 7) is 6.81. The van der Waals surface area contributed by atoms with Crippen LogP contribution in [-0.2, 0) is 11.3 Å². The van der Waals surface area contributed by atoms with E-state index in [1.165, 1.54) is 0 Å². The van der Waals surface area contributed by atoms with Crippen molar-refractivity contribution in [2.75, 3.05) is 5.73 Å². The van der Waals surface area contributed by atoms with Crippen LogP contribution in [0.4, 0.5) is 5.69 Å². The maximum atomic E-state index is 12.2. The molecule has 0 unspecified atom stereocenters. The predicted molar refractivity (Wildman–Crippen MR) is 80.7 cm³/mol. The van der Waals surface area contributed by atoms with Gasteiger partial charge in [-0.05, 0) is 37.0 Å². The van der Waals surface area contributed by atoms with E-state index < -0.39 is 0 Å². The number of amides is 1. The predicted octanol–water partition coefficient (Wildman–Crippen LogP) is 3.41. The molecule has 0 saturated carbocycles. The molecular weight excluding hydrogens is 236 g/mol. The summed E-state index contributed by atoms with van der Waals surface area (Å²) in [7, 11) is 0. The van der Waals surface area contributed by atoms with Crippen molar-refractivity contribution in [3.8, 4) is 0 Å². The van der Waals surface area contributed by atoms with E-state index in [4.69, 9.17) is 5.73 Å². The largest absolute Gasteiger partial charge is 0.399 e. The smallest absolute Gasteiger partial charge is 0.223 e. The molecule has 3 N–H and O–H groups in total. The number of hydrogen-bond donors (Lipinski definition) is 2. The summed E-state index contributed by atoms with van der Waals surface area (Å²) < 4.78 is 0. The van der Waals surface area contributed by atoms with Gasteiger partial charge in [0.15, 0.2) is 0 Å². The summed E-state index contributed by atoms with van der Waals surface area (Å²) in [5.41, 5.74) is 8.81. The summed E-state index contributed by atoms with van der Waals surface area (Å²) in [6, 6.07) is 5.83. The Balaban J connectivity index is 2.59. The average Bonchev–Trinajstić information content (AvgIpc) is 2.40. The number of nitrogen functional groups attached to an aromatic ring is 1. The van der Waals surface area contributed by atoms with Crippen LogP contribution >= 0.6 is 0 Å². The van der Waals surface area contributed by atoms with Crippen molar-refractivity contribution >= 4 is 11.6 Å². The van der Waals surface area contributed by atoms with Crippen LogP contribution < -0.4 is 11.1 Å². The van der Waals surface area contributed by atoms with Crippen molar-refractivity contribution in [2.45, 2.75) is 53.0 Å². The summed E-state index contributed by atoms with van der Waals surface area (Å²) in [5, 5.41) is 3.04. The van der Waals surface area contributed by atoms with Crippen molar-refractivity contribution in [3.63, 3.8) is 0 Å². The molecule has 0 atom stereocenters. The van der Waals surface area contributed by atoms with E-state index in [1.54, 1.807) is 0 Å². The third kappa shape index (κ3) is 4.58. The van der Waals surface area contributed by atoms with Crippen LogP contribution in [0.2, 0.25) is 0 Å². The van der Waals surface area contributed by atoms with Gasteiger partial charge in [-0.25, -0.2) is 0 Å². The molecular formula is C16H26N2O. The Morgan fingerprint density at radius 1 is 1.26 bits per heavy atom. The van der Waals surface area contributed by atoms with Crippen LogP contribution in [0.25, 0.3) is 0 Å². The second-order valence-electron chi connectivity index (χ2n) is 5.12. The molecule has 0 aromatic heterocycles. The Labute approximate surface area is 116 Å². The fourth-order valence-electron chi connectivity index (χ4n) is 2.32. The first kappa shape index (κ1) is 15.5. The Kier molecular flexibility index (Phi) is 6.40. The fourth-order valence-corrected chi connectivity index (χ4v) is 2.32. The van der Waals surface area contributed by atoms with Crippen molar-refractivity contribution in [2.24, 2.45) is 5.92 Å². The van der Waals surface area contributed by atoms with Crippen molar-refractivity contribution in [3.05, 3.63) is 29.3 Å². The molecule has 1 aromatic rings. The highest BCUT2D eigenvalue weighted by atomic mass is 16.1. The highest BCUT2D eigenvalue weighted by molar-refractivity contribution is 5.78. The van der Waals surface area contributed by atoms with Gasteiger partial charge in [0.05, 0.1) is 0 Å². The molecule has 1 rings (SSSR count). The lowest BCUT2D eigenvalue weighted by Gasteiger charge is -2.16. The maximum absolute atomic E-state index is 12.2. The molecule has 19 heavy (non-hydrogen) atoms. The lowest BCUT2D eigenvalue weighted by atomic mass is 9.97. The van der Waals surface area contributed by atoms with Crippen LogP contribution in [-0.4, -0.2) is 5.91 Å². The first-order chi connectivity index (χ1) is 9.10. The minimum Gasteiger partial charge on any atom is -0.399 e. The number of carbonyl (C=O) groups is 1. The molecule has 3 nitrogen and oxygen atoms in total. The van der Waals surface area contributed by atoms with Crippen molar-refractivity contribution in [1.82, 2.24) is 5.32 Å². The van der Waals surface area contributed by atoms with Gasteiger partial charge in [0.2, 0.25) is 5.91 Å². The fraction of sp³-hybridized carbons (Fsp3) is 0.562. The molecule has 3 heteroatoms. The van der Waals surface area contributed by atoms with Gasteiger partial charge in [0.25, 0.3) is 0 Å². The van der Waals surface area contributed by atoms with Gasteiger partial charge in [0, 0.05) is 18.2 Å². The number of anilines is 1. The molecule has 0 fully saturated rings. The number of nitrogens with one attached hydrogen (secondary N) is 1. The molecule has 1 aromatic carbocycles. The zero-order valence-electron chi connectivity index (χ0n) is 12.3. The number of rotatable bonds is 7. The molecule has 106 valence electrons. The van der Waals surface area contributed by atoms with Crippen LogP contribution in [0.3, 0.4) is 0 Å². The van der Waals surface area contributed by atoms with Gasteiger partial charge in [0.1, 0.15) is 0 Å². The van der Waals surface area contributed by atoms with Crippen LogP contribution in [0, 0.1) is 12.8 Å². The zero-order chi connectivity index (χ0) is 14.3. The SMILES string of the molecule is CCCC(CCC)C(=O)NCc1cccc(N)c1C. The monoisotopic (exact) mass is 262 g/mol. The maximum Gasteiger partial charge on any atom is 0.223 e. The van der Waals surface area contributed by atoms with E-state index in [2.05, 4.69) is 19.2 Å². The lowest BCUT2D eigenvalue weighted by molar-refractivity contribution is -0.125. The van der Waals surface area contributed by atoms with Gasteiger partial charge in [-0.1, -0.05) is 38.8 Å². The molecule has 1 amide bonds. The van der Waals surface area contributed by atoms with Crippen molar-refractivity contribution in [1.29, 1.82) is 0 Å². The Morgan fingerprint density at radius 2 is 1.89 bits per heavy atom. The van der Waals surface area contributed by atoms with Crippen LogP contribution in [0.15, 0.2) is 18.2 Å². The third-order valence-corrected chi connectivity index (χ3v) is 3.59. The number of carbonyl (C=O) groups excluding carboxylic acids is 1. The number of benzene rings is 1. The van der Waals surface area contributed by atoms with E-state index in [1.807, 2.05) is 25.1 Å². The standard InChI is InChI=1S/C16H26N2O/c1-4-7-13(8-5-2)16(19)18-11-14-9-6-10-15(17)12(14)3/h6,9-10,13H,4-5,7-8,11,17H2,1-3H3,(H,18,19). The lowest BCUT2D eigenvalue weighted by Crippen LogP contribution is -2.30. The van der Waals surface area contributed by atoms with Gasteiger partial charge in [-0.3, -0.25) is 4.79 Å². The average molecular weight is 262 g/mol. The Hall–Kier alpha value is -1.51. The van der Waals surface area contributed by atoms with Crippen LogP contribution in [0.1, 0.15) is 50.7 Å². The van der Waals surface area contributed by atoms with Crippen LogP contribution in [0.5, 0.6) is 0 Å². The van der Waals surface area contributed by atoms with E-state index in [9.17, 15) is 4.79 Å². The molecule has 0 aliphatic heterocycles. The topological polar surface area (TPSA) is 55.1 Å². The third-order valence-electron chi connectivity index (χ3n) is 3.59. The molecule has 0 bridgehead atoms. The minimum atomic E-state index is 0.149. The Morgan fingerprint density at radius 3 is 2.47 bits per heavy atom. The quantitative estimate of drug-likeness (QED) is 0.740. The van der Waals surface area contributed by atoms with Gasteiger partial charge >= 0.3 is 0 Å². The highest BCUT2D eigenvalue weighted by Crippen LogP contribution is 2.17. The second-order valence-corrected chi connectivity index (χ2v) is 5.12. The van der Waals surface area contributed by atoms with Crippen molar-refractivity contribution < 1.29 is 4.79 Å². The van der Waals surface area contributed by atoms with E-state index in [0.29, 0.717) is 6.54 Å². The van der Waals surface area contributed by atoms with Gasteiger partial charge in [-0.2, -0.15) is 0 Å². The van der Waals surface area contributed by atoms with E-state index >= 15 is 0 Å². The summed E-state index contributed by atoms with van der Waals surface area (Å²) in [5.74, 6) is 0.321. The number of hydrogen-bond acceptors (Lipinski definition) is 2. The summed E-state index contributed by atoms with van der Waals surface area (Å²) in [6.07, 6.45) is 4.04. The zero-order valence-corrected chi connectivity index (χ0v) is 12.3. The van der Waals surface area contributed by atoms with Gasteiger partial charge in [-0.15, -0.1) is 0 Å². The Bertz CT molecular complexity index is 409. The molecule has 0 saturated heterocycles. The highest BCUT2D eigenvalue weighted by Gasteiger charge is 2.16. The summed E-state index contributed by atoms with van der Waals surface area (Å²) >= 11 is 0. The molecule has 0 heterocycles. The van der Waals surface area contributed by atoms with E-state index in [-0.39, 0.29) is 11.8 Å². The number of nitrogens with two attached hydrogens (primary N) is 1. The molecule has 0 spiro atoms. The minimum absolute atomic E-state index is 0.149. The van der Waals surface area contributed by atoms with E-state index in [0.717, 1.165) is 42.5 Å². The normalized spacial score (nSPS) is 10.7. The second kappa shape index (κ2) is 7.82. The first-order valence-corrected chi connectivity index (χ1v) is 7.21. The first-order valence-electron chi connectivity index (χ1n) is 7.21. The van der Waals surface area contributed by atoms with Gasteiger partial charge < -0.3 is 11.1 Å².